The maximum absolute atomic E-state index is 11.4. The van der Waals surface area contributed by atoms with E-state index in [1.54, 1.807) is 6.08 Å². The quantitative estimate of drug-likeness (QED) is 0.862. The van der Waals surface area contributed by atoms with Gasteiger partial charge in [-0.2, -0.15) is 0 Å². The fourth-order valence-corrected chi connectivity index (χ4v) is 2.64. The lowest BCUT2D eigenvalue weighted by molar-refractivity contribution is -0.140. The van der Waals surface area contributed by atoms with Crippen molar-refractivity contribution in [1.29, 1.82) is 0 Å². The van der Waals surface area contributed by atoms with Crippen LogP contribution in [0.15, 0.2) is 54.6 Å². The fourth-order valence-electron chi connectivity index (χ4n) is 2.64. The molecule has 0 spiro atoms. The van der Waals surface area contributed by atoms with Gasteiger partial charge >= 0.3 is 5.97 Å². The summed E-state index contributed by atoms with van der Waals surface area (Å²) < 4.78 is 0. The van der Waals surface area contributed by atoms with Crippen LogP contribution in [0.5, 0.6) is 0 Å². The average Bonchev–Trinajstić information content (AvgIpc) is 2.51. The summed E-state index contributed by atoms with van der Waals surface area (Å²) in [6.07, 6.45) is 6.27. The number of carbonyl (C=O) groups is 1. The Bertz CT molecular complexity index is 651. The molecule has 2 heteroatoms. The molecule has 0 saturated heterocycles. The van der Waals surface area contributed by atoms with E-state index in [0.29, 0.717) is 6.42 Å². The summed E-state index contributed by atoms with van der Waals surface area (Å²) in [7, 11) is 0. The van der Waals surface area contributed by atoms with Crippen LogP contribution >= 0.6 is 0 Å². The van der Waals surface area contributed by atoms with Gasteiger partial charge in [-0.1, -0.05) is 60.7 Å². The number of benzene rings is 2. The second kappa shape index (κ2) is 5.96. The molecular weight excluding hydrogens is 260 g/mol. The van der Waals surface area contributed by atoms with Gasteiger partial charge in [0, 0.05) is 0 Å². The van der Waals surface area contributed by atoms with Gasteiger partial charge in [-0.25, -0.2) is 0 Å². The van der Waals surface area contributed by atoms with Gasteiger partial charge in [-0.05, 0) is 41.5 Å². The Balaban J connectivity index is 1.98. The molecule has 0 unspecified atom stereocenters. The molecule has 4 aliphatic carbocycles. The van der Waals surface area contributed by atoms with E-state index in [0.717, 1.165) is 24.0 Å². The Labute approximate surface area is 124 Å². The number of carboxylic acid groups (broad SMARTS) is 1. The molecule has 0 aromatic heterocycles. The Morgan fingerprint density at radius 2 is 1.38 bits per heavy atom. The zero-order valence-corrected chi connectivity index (χ0v) is 11.8. The third kappa shape index (κ3) is 3.40. The van der Waals surface area contributed by atoms with Crippen molar-refractivity contribution in [3.05, 3.63) is 76.9 Å². The largest absolute Gasteiger partial charge is 0.481 e. The van der Waals surface area contributed by atoms with E-state index >= 15 is 0 Å². The molecule has 0 radical (unpaired) electrons. The molecule has 21 heavy (non-hydrogen) atoms. The molecule has 6 rings (SSSR count). The summed E-state index contributed by atoms with van der Waals surface area (Å²) in [6, 6.07) is 16.7. The van der Waals surface area contributed by atoms with E-state index < -0.39 is 11.9 Å². The number of hydrogen-bond acceptors (Lipinski definition) is 1. The van der Waals surface area contributed by atoms with Gasteiger partial charge in [0.25, 0.3) is 0 Å². The molecule has 0 aliphatic heterocycles. The first-order chi connectivity index (χ1) is 10.2. The molecular formula is C19H18O2. The number of aryl methyl sites for hydroxylation is 2. The highest BCUT2D eigenvalue weighted by Crippen LogP contribution is 2.17. The second-order valence-corrected chi connectivity index (χ2v) is 5.57. The van der Waals surface area contributed by atoms with Crippen LogP contribution in [0, 0.1) is 5.92 Å². The first-order valence-corrected chi connectivity index (χ1v) is 7.28. The number of carboxylic acids is 1. The molecule has 4 aliphatic rings. The Morgan fingerprint density at radius 3 is 1.95 bits per heavy atom. The molecule has 1 atom stereocenters. The smallest absolute Gasteiger partial charge is 0.310 e. The minimum Gasteiger partial charge on any atom is -0.481 e. The van der Waals surface area contributed by atoms with Crippen LogP contribution in [0.25, 0.3) is 6.08 Å². The van der Waals surface area contributed by atoms with Gasteiger partial charge in [-0.3, -0.25) is 4.79 Å². The van der Waals surface area contributed by atoms with Crippen LogP contribution in [0.4, 0.5) is 0 Å². The lowest BCUT2D eigenvalue weighted by Crippen LogP contribution is -2.14. The normalized spacial score (nSPS) is 19.1. The van der Waals surface area contributed by atoms with E-state index in [4.69, 9.17) is 0 Å². The molecule has 106 valence electrons. The standard InChI is InChI=1S/C19H18O2/c20-19(21)18-12-11-16-5-3-14(4-6-16)1-2-15-7-9-17(13-18)10-8-15/h3-12,18H,1-2,13H2,(H,20,21)/b12-11-/t18-/m0/s1. The van der Waals surface area contributed by atoms with Crippen LogP contribution < -0.4 is 0 Å². The van der Waals surface area contributed by atoms with Gasteiger partial charge in [0.2, 0.25) is 0 Å². The monoisotopic (exact) mass is 278 g/mol. The summed E-state index contributed by atoms with van der Waals surface area (Å²) in [6.45, 7) is 0. The number of rotatable bonds is 1. The summed E-state index contributed by atoms with van der Waals surface area (Å²) in [5.74, 6) is -1.27. The molecule has 0 amide bonds. The first kappa shape index (κ1) is 13.6. The zero-order valence-electron chi connectivity index (χ0n) is 11.8. The van der Waals surface area contributed by atoms with Gasteiger partial charge in [0.15, 0.2) is 0 Å². The van der Waals surface area contributed by atoms with E-state index in [1.807, 2.05) is 18.2 Å². The summed E-state index contributed by atoms with van der Waals surface area (Å²) in [5, 5.41) is 9.37. The van der Waals surface area contributed by atoms with E-state index in [1.165, 1.54) is 11.1 Å². The SMILES string of the molecule is O=C(O)[C@H]1/C=C\c2ccc(cc2)CCc2ccc(cc2)C1. The number of hydrogen-bond donors (Lipinski definition) is 1. The molecule has 0 heterocycles. The number of aliphatic carboxylic acids is 1. The minimum absolute atomic E-state index is 0.488. The van der Waals surface area contributed by atoms with Crippen LogP contribution in [0.1, 0.15) is 22.3 Å². The van der Waals surface area contributed by atoms with Crippen molar-refractivity contribution in [2.24, 2.45) is 5.92 Å². The molecule has 4 bridgehead atoms. The van der Waals surface area contributed by atoms with E-state index in [-0.39, 0.29) is 0 Å². The van der Waals surface area contributed by atoms with Crippen LogP contribution in [0.3, 0.4) is 0 Å². The van der Waals surface area contributed by atoms with Crippen LogP contribution in [-0.4, -0.2) is 11.1 Å². The highest BCUT2D eigenvalue weighted by Gasteiger charge is 2.14. The predicted octanol–water partition coefficient (Wildman–Crippen LogP) is 3.74. The van der Waals surface area contributed by atoms with Crippen LogP contribution in [0.2, 0.25) is 0 Å². The fraction of sp³-hybridized carbons (Fsp3) is 0.211. The average molecular weight is 278 g/mol. The third-order valence-electron chi connectivity index (χ3n) is 4.00. The van der Waals surface area contributed by atoms with Gasteiger partial charge in [0.05, 0.1) is 5.92 Å². The van der Waals surface area contributed by atoms with Crippen molar-refractivity contribution in [2.75, 3.05) is 0 Å². The van der Waals surface area contributed by atoms with Gasteiger partial charge < -0.3 is 5.11 Å². The highest BCUT2D eigenvalue weighted by molar-refractivity contribution is 5.74. The Hall–Kier alpha value is -2.35. The molecule has 2 nitrogen and oxygen atoms in total. The van der Waals surface area contributed by atoms with Crippen molar-refractivity contribution in [1.82, 2.24) is 0 Å². The van der Waals surface area contributed by atoms with Gasteiger partial charge in [-0.15, -0.1) is 0 Å². The molecule has 1 N–H and O–H groups in total. The van der Waals surface area contributed by atoms with E-state index in [9.17, 15) is 9.90 Å². The Kier molecular flexibility index (Phi) is 3.87. The maximum Gasteiger partial charge on any atom is 0.310 e. The summed E-state index contributed by atoms with van der Waals surface area (Å²) >= 11 is 0. The van der Waals surface area contributed by atoms with Gasteiger partial charge in [0.1, 0.15) is 0 Å². The lowest BCUT2D eigenvalue weighted by atomic mass is 9.95. The minimum atomic E-state index is -0.779. The van der Waals surface area contributed by atoms with Crippen molar-refractivity contribution in [3.63, 3.8) is 0 Å². The lowest BCUT2D eigenvalue weighted by Gasteiger charge is -2.10. The maximum atomic E-state index is 11.4. The van der Waals surface area contributed by atoms with Crippen molar-refractivity contribution in [3.8, 4) is 0 Å². The summed E-state index contributed by atoms with van der Waals surface area (Å²) in [5.41, 5.74) is 4.73. The van der Waals surface area contributed by atoms with Crippen molar-refractivity contribution in [2.45, 2.75) is 19.3 Å². The summed E-state index contributed by atoms with van der Waals surface area (Å²) in [4.78, 5) is 11.4. The van der Waals surface area contributed by atoms with Crippen molar-refractivity contribution >= 4 is 12.0 Å². The zero-order chi connectivity index (χ0) is 14.7. The highest BCUT2D eigenvalue weighted by atomic mass is 16.4. The third-order valence-corrected chi connectivity index (χ3v) is 4.00. The van der Waals surface area contributed by atoms with Crippen molar-refractivity contribution < 1.29 is 9.90 Å². The predicted molar refractivity (Wildman–Crippen MR) is 84.2 cm³/mol. The van der Waals surface area contributed by atoms with E-state index in [2.05, 4.69) is 36.4 Å². The first-order valence-electron chi connectivity index (χ1n) is 7.28. The molecule has 2 aromatic carbocycles. The van der Waals surface area contributed by atoms with Crippen LogP contribution in [-0.2, 0) is 24.1 Å². The topological polar surface area (TPSA) is 37.3 Å². The molecule has 0 fully saturated rings. The second-order valence-electron chi connectivity index (χ2n) is 5.57. The molecule has 0 saturated carbocycles. The molecule has 2 aromatic rings. The Morgan fingerprint density at radius 1 is 0.857 bits per heavy atom.